The minimum atomic E-state index is 1.06. The standard InChI is InChI=1S/C13H19/c1-2-4-6-8-10-12-13-11-9-7-5-3-1/h1-2,5,7,11H,3-4,6,8,10,12-13H2. The highest BCUT2D eigenvalue weighted by Gasteiger charge is 1.87. The topological polar surface area (TPSA) is 0 Å². The summed E-state index contributed by atoms with van der Waals surface area (Å²) in [6.45, 7) is 0. The summed E-state index contributed by atoms with van der Waals surface area (Å²) < 4.78 is 0. The lowest BCUT2D eigenvalue weighted by Gasteiger charge is -1.95. The molecule has 0 N–H and O–H groups in total. The first-order valence-corrected chi connectivity index (χ1v) is 5.38. The Bertz CT molecular complexity index is 184. The molecule has 0 saturated heterocycles. The zero-order valence-corrected chi connectivity index (χ0v) is 8.34. The lowest BCUT2D eigenvalue weighted by atomic mass is 10.1. The lowest BCUT2D eigenvalue weighted by Crippen LogP contribution is -1.76. The Kier molecular flexibility index (Phi) is 6.22. The molecule has 0 aromatic rings. The van der Waals surface area contributed by atoms with E-state index in [0.717, 1.165) is 6.42 Å². The van der Waals surface area contributed by atoms with E-state index in [-0.39, 0.29) is 0 Å². The van der Waals surface area contributed by atoms with Crippen LogP contribution in [0.1, 0.15) is 44.9 Å². The Labute approximate surface area is 82.0 Å². The van der Waals surface area contributed by atoms with Gasteiger partial charge in [-0.15, -0.1) is 0 Å². The van der Waals surface area contributed by atoms with Crippen LogP contribution in [-0.2, 0) is 0 Å². The fourth-order valence-electron chi connectivity index (χ4n) is 1.44. The predicted octanol–water partition coefficient (Wildman–Crippen LogP) is 4.20. The molecule has 0 aromatic carbocycles. The molecule has 0 atom stereocenters. The number of hydrogen-bond donors (Lipinski definition) is 0. The fourth-order valence-corrected chi connectivity index (χ4v) is 1.44. The van der Waals surface area contributed by atoms with E-state index < -0.39 is 0 Å². The summed E-state index contributed by atoms with van der Waals surface area (Å²) >= 11 is 0. The molecule has 13 heavy (non-hydrogen) atoms. The number of allylic oxidation sites excluding steroid dienone is 6. The van der Waals surface area contributed by atoms with Crippen molar-refractivity contribution in [2.24, 2.45) is 0 Å². The first-order valence-electron chi connectivity index (χ1n) is 5.38. The van der Waals surface area contributed by atoms with Crippen molar-refractivity contribution in [3.8, 4) is 0 Å². The van der Waals surface area contributed by atoms with Gasteiger partial charge >= 0.3 is 0 Å². The molecule has 1 rings (SSSR count). The summed E-state index contributed by atoms with van der Waals surface area (Å²) in [5, 5.41) is 0. The summed E-state index contributed by atoms with van der Waals surface area (Å²) in [6.07, 6.45) is 23.0. The van der Waals surface area contributed by atoms with E-state index in [2.05, 4.69) is 30.4 Å². The number of rotatable bonds is 0. The van der Waals surface area contributed by atoms with Gasteiger partial charge in [-0.05, 0) is 38.2 Å². The van der Waals surface area contributed by atoms with Gasteiger partial charge in [0.15, 0.2) is 0 Å². The van der Waals surface area contributed by atoms with E-state index in [1.54, 1.807) is 0 Å². The van der Waals surface area contributed by atoms with E-state index in [0.29, 0.717) is 0 Å². The van der Waals surface area contributed by atoms with Crippen LogP contribution < -0.4 is 0 Å². The normalized spacial score (nSPS) is 20.3. The van der Waals surface area contributed by atoms with Crippen molar-refractivity contribution >= 4 is 0 Å². The third kappa shape index (κ3) is 6.39. The van der Waals surface area contributed by atoms with Crippen LogP contribution in [0.4, 0.5) is 0 Å². The third-order valence-corrected chi connectivity index (χ3v) is 2.24. The van der Waals surface area contributed by atoms with Crippen molar-refractivity contribution in [2.75, 3.05) is 0 Å². The van der Waals surface area contributed by atoms with Crippen molar-refractivity contribution in [1.82, 2.24) is 0 Å². The van der Waals surface area contributed by atoms with Gasteiger partial charge in [0.25, 0.3) is 0 Å². The van der Waals surface area contributed by atoms with Crippen molar-refractivity contribution in [1.29, 1.82) is 0 Å². The van der Waals surface area contributed by atoms with Gasteiger partial charge in [0, 0.05) is 0 Å². The minimum absolute atomic E-state index is 1.06. The maximum Gasteiger partial charge on any atom is -0.0166 e. The molecular formula is C13H19. The van der Waals surface area contributed by atoms with Gasteiger partial charge in [-0.1, -0.05) is 43.2 Å². The van der Waals surface area contributed by atoms with Gasteiger partial charge < -0.3 is 0 Å². The molecule has 1 radical (unpaired) electrons. The Hall–Kier alpha value is -0.780. The Morgan fingerprint density at radius 2 is 1.62 bits per heavy atom. The summed E-state index contributed by atoms with van der Waals surface area (Å²) in [6, 6.07) is 0. The molecule has 0 nitrogen and oxygen atoms in total. The molecule has 0 amide bonds. The summed E-state index contributed by atoms with van der Waals surface area (Å²) in [7, 11) is 0. The van der Waals surface area contributed by atoms with E-state index >= 15 is 0 Å². The van der Waals surface area contributed by atoms with Gasteiger partial charge in [-0.25, -0.2) is 0 Å². The molecule has 1 aliphatic carbocycles. The quantitative estimate of drug-likeness (QED) is 0.484. The molecule has 1 aliphatic rings. The van der Waals surface area contributed by atoms with Crippen molar-refractivity contribution in [3.05, 3.63) is 36.5 Å². The summed E-state index contributed by atoms with van der Waals surface area (Å²) in [5.74, 6) is 0. The minimum Gasteiger partial charge on any atom is -0.0882 e. The van der Waals surface area contributed by atoms with Gasteiger partial charge in [-0.2, -0.15) is 0 Å². The third-order valence-electron chi connectivity index (χ3n) is 2.24. The Morgan fingerprint density at radius 3 is 2.54 bits per heavy atom. The maximum atomic E-state index is 3.18. The average molecular weight is 175 g/mol. The van der Waals surface area contributed by atoms with Crippen LogP contribution in [0.25, 0.3) is 0 Å². The monoisotopic (exact) mass is 175 g/mol. The molecule has 0 saturated carbocycles. The van der Waals surface area contributed by atoms with Gasteiger partial charge in [0.1, 0.15) is 0 Å². The highest BCUT2D eigenvalue weighted by Crippen LogP contribution is 2.07. The zero-order chi connectivity index (χ0) is 9.19. The van der Waals surface area contributed by atoms with Crippen molar-refractivity contribution in [3.63, 3.8) is 0 Å². The van der Waals surface area contributed by atoms with E-state index in [9.17, 15) is 0 Å². The molecule has 0 bridgehead atoms. The molecule has 71 valence electrons. The second-order valence-electron chi connectivity index (χ2n) is 3.47. The molecule has 0 heteroatoms. The highest BCUT2D eigenvalue weighted by atomic mass is 13.9. The van der Waals surface area contributed by atoms with Crippen LogP contribution in [0.15, 0.2) is 30.4 Å². The average Bonchev–Trinajstić information content (AvgIpc) is 2.18. The smallest absolute Gasteiger partial charge is 0.0166 e. The molecule has 0 heterocycles. The largest absolute Gasteiger partial charge is 0.0882 e. The molecule has 0 fully saturated rings. The van der Waals surface area contributed by atoms with E-state index in [4.69, 9.17) is 0 Å². The molecule has 0 spiro atoms. The first-order chi connectivity index (χ1) is 6.50. The molecule has 0 aliphatic heterocycles. The summed E-state index contributed by atoms with van der Waals surface area (Å²) in [4.78, 5) is 0. The second-order valence-corrected chi connectivity index (χ2v) is 3.47. The van der Waals surface area contributed by atoms with Crippen molar-refractivity contribution < 1.29 is 0 Å². The Morgan fingerprint density at radius 1 is 0.769 bits per heavy atom. The van der Waals surface area contributed by atoms with Gasteiger partial charge in [0.05, 0.1) is 0 Å². The molecular weight excluding hydrogens is 156 g/mol. The van der Waals surface area contributed by atoms with Crippen molar-refractivity contribution in [2.45, 2.75) is 44.9 Å². The predicted molar refractivity (Wildman–Crippen MR) is 58.4 cm³/mol. The second kappa shape index (κ2) is 7.85. The molecule has 0 unspecified atom stereocenters. The van der Waals surface area contributed by atoms with Crippen LogP contribution in [-0.4, -0.2) is 0 Å². The van der Waals surface area contributed by atoms with E-state index in [1.165, 1.54) is 38.5 Å². The fraction of sp³-hybridized carbons (Fsp3) is 0.538. The van der Waals surface area contributed by atoms with Gasteiger partial charge in [0.2, 0.25) is 0 Å². The maximum absolute atomic E-state index is 3.18. The summed E-state index contributed by atoms with van der Waals surface area (Å²) in [5.41, 5.74) is 0. The van der Waals surface area contributed by atoms with Crippen LogP contribution in [0.3, 0.4) is 0 Å². The van der Waals surface area contributed by atoms with Gasteiger partial charge in [-0.3, -0.25) is 0 Å². The molecule has 0 aromatic heterocycles. The van der Waals surface area contributed by atoms with E-state index in [1.807, 2.05) is 6.08 Å². The SMILES string of the molecule is [C]1=CCCCCCCC=CCC=C1. The first kappa shape index (κ1) is 10.3. The van der Waals surface area contributed by atoms with Crippen LogP contribution in [0.2, 0.25) is 0 Å². The zero-order valence-electron chi connectivity index (χ0n) is 8.34. The van der Waals surface area contributed by atoms with Crippen LogP contribution in [0.5, 0.6) is 0 Å². The number of hydrogen-bond acceptors (Lipinski definition) is 0. The lowest BCUT2D eigenvalue weighted by molar-refractivity contribution is 0.652. The Balaban J connectivity index is 2.29. The highest BCUT2D eigenvalue weighted by molar-refractivity contribution is 4.99. The van der Waals surface area contributed by atoms with Crippen LogP contribution >= 0.6 is 0 Å². The van der Waals surface area contributed by atoms with Crippen LogP contribution in [0, 0.1) is 6.08 Å².